The molecule has 1 N–H and O–H groups in total. The topological polar surface area (TPSA) is 43.8 Å². The van der Waals surface area contributed by atoms with Gasteiger partial charge in [-0.15, -0.1) is 11.3 Å². The molecule has 1 unspecified atom stereocenters. The van der Waals surface area contributed by atoms with Crippen molar-refractivity contribution < 1.29 is 13.2 Å². The molecular weight excluding hydrogens is 339 g/mol. The third-order valence-corrected chi connectivity index (χ3v) is 5.11. The van der Waals surface area contributed by atoms with E-state index in [0.717, 1.165) is 23.1 Å². The van der Waals surface area contributed by atoms with Gasteiger partial charge >= 0.3 is 6.18 Å². The first kappa shape index (κ1) is 19.0. The van der Waals surface area contributed by atoms with Gasteiger partial charge in [0.2, 0.25) is 0 Å². The number of nitrogens with zero attached hydrogens (tertiary/aromatic N) is 4. The molecule has 0 radical (unpaired) electrons. The summed E-state index contributed by atoms with van der Waals surface area (Å²) in [6.45, 7) is 8.25. The number of rotatable bonds is 4. The first-order valence-electron chi connectivity index (χ1n) is 8.06. The molecule has 1 atom stereocenters. The lowest BCUT2D eigenvalue weighted by atomic mass is 10.2. The smallest absolute Gasteiger partial charge is 0.357 e. The second kappa shape index (κ2) is 8.15. The van der Waals surface area contributed by atoms with Crippen LogP contribution < -0.4 is 5.32 Å². The van der Waals surface area contributed by atoms with Gasteiger partial charge < -0.3 is 10.2 Å². The summed E-state index contributed by atoms with van der Waals surface area (Å²) in [6, 6.07) is -1.40. The molecule has 2 heterocycles. The van der Waals surface area contributed by atoms with Crippen molar-refractivity contribution in [2.24, 2.45) is 4.99 Å². The summed E-state index contributed by atoms with van der Waals surface area (Å²) in [4.78, 5) is 13.4. The van der Waals surface area contributed by atoms with Crippen LogP contribution in [0.15, 0.2) is 10.5 Å². The number of thiazole rings is 1. The third-order valence-electron chi connectivity index (χ3n) is 4.19. The van der Waals surface area contributed by atoms with Crippen LogP contribution in [0.3, 0.4) is 0 Å². The lowest BCUT2D eigenvalue weighted by Gasteiger charge is -2.39. The molecule has 0 bridgehead atoms. The van der Waals surface area contributed by atoms with E-state index in [-0.39, 0.29) is 0 Å². The van der Waals surface area contributed by atoms with E-state index >= 15 is 0 Å². The molecule has 2 rings (SSSR count). The zero-order valence-electron chi connectivity index (χ0n) is 14.2. The van der Waals surface area contributed by atoms with Crippen LogP contribution in [0.2, 0.25) is 0 Å². The Bertz CT molecular complexity index is 550. The highest BCUT2D eigenvalue weighted by atomic mass is 32.1. The molecule has 1 saturated heterocycles. The Morgan fingerprint density at radius 2 is 2.04 bits per heavy atom. The number of aromatic nitrogens is 1. The normalized spacial score (nSPS) is 18.8. The van der Waals surface area contributed by atoms with Gasteiger partial charge in [0.1, 0.15) is 6.04 Å². The van der Waals surface area contributed by atoms with Crippen molar-refractivity contribution in [1.29, 1.82) is 0 Å². The van der Waals surface area contributed by atoms with Crippen molar-refractivity contribution in [2.45, 2.75) is 39.5 Å². The van der Waals surface area contributed by atoms with Crippen molar-refractivity contribution >= 4 is 17.3 Å². The van der Waals surface area contributed by atoms with Crippen LogP contribution in [0.1, 0.15) is 24.4 Å². The fourth-order valence-electron chi connectivity index (χ4n) is 2.58. The quantitative estimate of drug-likeness (QED) is 0.659. The molecule has 1 aromatic heterocycles. The number of aliphatic imine (C=N–C) groups is 1. The van der Waals surface area contributed by atoms with Crippen molar-refractivity contribution in [3.05, 3.63) is 16.1 Å². The van der Waals surface area contributed by atoms with Gasteiger partial charge in [0.25, 0.3) is 0 Å². The molecule has 1 aliphatic heterocycles. The summed E-state index contributed by atoms with van der Waals surface area (Å²) in [5.41, 5.74) is 2.77. The molecule has 1 aromatic rings. The second-order valence-electron chi connectivity index (χ2n) is 5.77. The van der Waals surface area contributed by atoms with E-state index in [0.29, 0.717) is 32.7 Å². The van der Waals surface area contributed by atoms with E-state index < -0.39 is 12.2 Å². The van der Waals surface area contributed by atoms with Gasteiger partial charge in [-0.2, -0.15) is 13.2 Å². The zero-order valence-corrected chi connectivity index (χ0v) is 15.0. The molecule has 9 heteroatoms. The Labute approximate surface area is 144 Å². The van der Waals surface area contributed by atoms with Gasteiger partial charge in [0.15, 0.2) is 5.96 Å². The number of hydrogen-bond donors (Lipinski definition) is 1. The molecule has 0 aromatic carbocycles. The largest absolute Gasteiger partial charge is 0.403 e. The van der Waals surface area contributed by atoms with E-state index in [2.05, 4.69) is 15.3 Å². The highest BCUT2D eigenvalue weighted by Gasteiger charge is 2.41. The number of nitrogens with one attached hydrogen (secondary N) is 1. The number of aryl methyl sites for hydroxylation is 1. The molecule has 136 valence electrons. The highest BCUT2D eigenvalue weighted by molar-refractivity contribution is 7.09. The standard InChI is InChI=1S/C15H24F3N5S/c1-4-19-14(20-9-13-11(2)21-10-24-13)23-7-5-22(6-8-23)12(3)15(16,17)18/h10,12H,4-9H2,1-3H3,(H,19,20). The summed E-state index contributed by atoms with van der Waals surface area (Å²) < 4.78 is 38.5. The first-order chi connectivity index (χ1) is 11.3. The monoisotopic (exact) mass is 363 g/mol. The fourth-order valence-corrected chi connectivity index (χ4v) is 3.28. The van der Waals surface area contributed by atoms with Crippen LogP contribution in [0, 0.1) is 6.92 Å². The van der Waals surface area contributed by atoms with E-state index in [1.165, 1.54) is 11.8 Å². The fraction of sp³-hybridized carbons (Fsp3) is 0.733. The molecule has 24 heavy (non-hydrogen) atoms. The first-order valence-corrected chi connectivity index (χ1v) is 8.94. The molecule has 0 amide bonds. The van der Waals surface area contributed by atoms with E-state index in [1.807, 2.05) is 18.7 Å². The van der Waals surface area contributed by atoms with Crippen LogP contribution in [0.25, 0.3) is 0 Å². The maximum absolute atomic E-state index is 12.8. The van der Waals surface area contributed by atoms with Crippen molar-refractivity contribution in [3.8, 4) is 0 Å². The van der Waals surface area contributed by atoms with Crippen molar-refractivity contribution in [2.75, 3.05) is 32.7 Å². The van der Waals surface area contributed by atoms with Gasteiger partial charge in [-0.3, -0.25) is 4.90 Å². The van der Waals surface area contributed by atoms with Gasteiger partial charge in [0.05, 0.1) is 17.7 Å². The SMILES string of the molecule is CCNC(=NCc1scnc1C)N1CCN(C(C)C(F)(F)F)CC1. The molecule has 1 fully saturated rings. The van der Waals surface area contributed by atoms with E-state index in [4.69, 9.17) is 0 Å². The van der Waals surface area contributed by atoms with Crippen LogP contribution in [0.5, 0.6) is 0 Å². The maximum Gasteiger partial charge on any atom is 0.403 e. The molecule has 5 nitrogen and oxygen atoms in total. The summed E-state index contributed by atoms with van der Waals surface area (Å²) >= 11 is 1.57. The minimum atomic E-state index is -4.18. The summed E-state index contributed by atoms with van der Waals surface area (Å²) in [5.74, 6) is 0.754. The van der Waals surface area contributed by atoms with Gasteiger partial charge in [-0.25, -0.2) is 9.98 Å². The molecule has 0 aliphatic carbocycles. The Morgan fingerprint density at radius 3 is 2.54 bits per heavy atom. The average molecular weight is 363 g/mol. The Balaban J connectivity index is 1.97. The Morgan fingerprint density at radius 1 is 1.38 bits per heavy atom. The lowest BCUT2D eigenvalue weighted by molar-refractivity contribution is -0.181. The number of piperazine rings is 1. The number of halogens is 3. The van der Waals surface area contributed by atoms with Crippen LogP contribution in [0.4, 0.5) is 13.2 Å². The van der Waals surface area contributed by atoms with E-state index in [9.17, 15) is 13.2 Å². The predicted molar refractivity (Wildman–Crippen MR) is 90.3 cm³/mol. The van der Waals surface area contributed by atoms with Gasteiger partial charge in [0, 0.05) is 37.6 Å². The lowest BCUT2D eigenvalue weighted by Crippen LogP contribution is -2.56. The molecule has 1 aliphatic rings. The minimum Gasteiger partial charge on any atom is -0.357 e. The average Bonchev–Trinajstić information content (AvgIpc) is 2.95. The maximum atomic E-state index is 12.8. The summed E-state index contributed by atoms with van der Waals surface area (Å²) in [6.07, 6.45) is -4.18. The number of guanidine groups is 1. The predicted octanol–water partition coefficient (Wildman–Crippen LogP) is 2.49. The van der Waals surface area contributed by atoms with Crippen LogP contribution in [-0.2, 0) is 6.54 Å². The number of hydrogen-bond acceptors (Lipinski definition) is 4. The molecule has 0 saturated carbocycles. The van der Waals surface area contributed by atoms with Gasteiger partial charge in [-0.05, 0) is 20.8 Å². The Hall–Kier alpha value is -1.35. The third kappa shape index (κ3) is 4.83. The minimum absolute atomic E-state index is 0.380. The van der Waals surface area contributed by atoms with Crippen LogP contribution >= 0.6 is 11.3 Å². The molecule has 0 spiro atoms. The van der Waals surface area contributed by atoms with Crippen molar-refractivity contribution in [1.82, 2.24) is 20.1 Å². The zero-order chi connectivity index (χ0) is 17.7. The second-order valence-corrected chi connectivity index (χ2v) is 6.71. The Kier molecular flexibility index (Phi) is 6.45. The van der Waals surface area contributed by atoms with Crippen LogP contribution in [-0.4, -0.2) is 65.7 Å². The van der Waals surface area contributed by atoms with Crippen molar-refractivity contribution in [3.63, 3.8) is 0 Å². The highest BCUT2D eigenvalue weighted by Crippen LogP contribution is 2.25. The summed E-state index contributed by atoms with van der Waals surface area (Å²) in [5, 5.41) is 3.23. The molecular formula is C15H24F3N5S. The van der Waals surface area contributed by atoms with Gasteiger partial charge in [-0.1, -0.05) is 0 Å². The van der Waals surface area contributed by atoms with E-state index in [1.54, 1.807) is 16.8 Å². The number of alkyl halides is 3. The summed E-state index contributed by atoms with van der Waals surface area (Å²) in [7, 11) is 0.